The van der Waals surface area contributed by atoms with Crippen molar-refractivity contribution in [3.05, 3.63) is 11.6 Å². The van der Waals surface area contributed by atoms with Gasteiger partial charge in [0.05, 0.1) is 17.8 Å². The molecule has 0 amide bonds. The largest absolute Gasteiger partial charge is 0.393 e. The monoisotopic (exact) mass is 348 g/mol. The van der Waals surface area contributed by atoms with Gasteiger partial charge in [-0.05, 0) is 74.2 Å². The second-order valence-corrected chi connectivity index (χ2v) is 9.73. The fourth-order valence-electron chi connectivity index (χ4n) is 7.37. The van der Waals surface area contributed by atoms with Crippen LogP contribution in [0.2, 0.25) is 0 Å². The molecule has 3 N–H and O–H groups in total. The number of rotatable bonds is 1. The fraction of sp³-hybridized carbons (Fsp3) is 0.857. The molecular weight excluding hydrogens is 316 g/mol. The summed E-state index contributed by atoms with van der Waals surface area (Å²) in [6.07, 6.45) is 6.04. The topological polar surface area (TPSA) is 77.8 Å². The Labute approximate surface area is 150 Å². The molecule has 3 saturated carbocycles. The van der Waals surface area contributed by atoms with E-state index in [9.17, 15) is 20.1 Å². The van der Waals surface area contributed by atoms with Crippen molar-refractivity contribution in [1.29, 1.82) is 0 Å². The van der Waals surface area contributed by atoms with Gasteiger partial charge in [-0.2, -0.15) is 0 Å². The molecule has 4 aliphatic carbocycles. The van der Waals surface area contributed by atoms with Gasteiger partial charge in [0.1, 0.15) is 0 Å². The predicted molar refractivity (Wildman–Crippen MR) is 94.7 cm³/mol. The molecule has 3 fully saturated rings. The summed E-state index contributed by atoms with van der Waals surface area (Å²) in [5.74, 6) is 1.25. The van der Waals surface area contributed by atoms with Gasteiger partial charge in [-0.3, -0.25) is 4.79 Å². The zero-order valence-corrected chi connectivity index (χ0v) is 15.7. The van der Waals surface area contributed by atoms with Crippen molar-refractivity contribution >= 4 is 5.78 Å². The molecule has 0 spiro atoms. The van der Waals surface area contributed by atoms with Crippen LogP contribution in [0, 0.1) is 28.6 Å². The van der Waals surface area contributed by atoms with Crippen molar-refractivity contribution in [2.24, 2.45) is 28.6 Å². The smallest absolute Gasteiger partial charge is 0.156 e. The van der Waals surface area contributed by atoms with Crippen LogP contribution in [0.5, 0.6) is 0 Å². The van der Waals surface area contributed by atoms with Crippen LogP contribution in [0.3, 0.4) is 0 Å². The van der Waals surface area contributed by atoms with Crippen molar-refractivity contribution in [1.82, 2.24) is 0 Å². The van der Waals surface area contributed by atoms with E-state index < -0.39 is 17.8 Å². The Morgan fingerprint density at radius 2 is 1.88 bits per heavy atom. The third-order valence-electron chi connectivity index (χ3n) is 8.79. The first-order valence-corrected chi connectivity index (χ1v) is 9.93. The Morgan fingerprint density at radius 1 is 1.16 bits per heavy atom. The quantitative estimate of drug-likeness (QED) is 0.681. The Morgan fingerprint density at radius 3 is 2.56 bits per heavy atom. The molecule has 140 valence electrons. The van der Waals surface area contributed by atoms with Crippen LogP contribution in [-0.4, -0.2) is 38.9 Å². The number of hydrogen-bond donors (Lipinski definition) is 3. The molecule has 8 atom stereocenters. The van der Waals surface area contributed by atoms with E-state index in [0.29, 0.717) is 30.6 Å². The van der Waals surface area contributed by atoms with Crippen molar-refractivity contribution in [3.8, 4) is 0 Å². The molecule has 0 aliphatic heterocycles. The van der Waals surface area contributed by atoms with Crippen LogP contribution in [0.15, 0.2) is 11.6 Å². The molecule has 0 saturated heterocycles. The lowest BCUT2D eigenvalue weighted by Crippen LogP contribution is -2.68. The number of fused-ring (bicyclic) bond motifs is 5. The van der Waals surface area contributed by atoms with E-state index in [0.717, 1.165) is 31.3 Å². The van der Waals surface area contributed by atoms with Gasteiger partial charge >= 0.3 is 0 Å². The molecule has 4 aliphatic rings. The lowest BCUT2D eigenvalue weighted by Gasteiger charge is -2.65. The van der Waals surface area contributed by atoms with E-state index in [1.54, 1.807) is 6.92 Å². The van der Waals surface area contributed by atoms with Crippen LogP contribution in [0.1, 0.15) is 65.7 Å². The highest BCUT2D eigenvalue weighted by atomic mass is 16.3. The molecule has 4 nitrogen and oxygen atoms in total. The maximum absolute atomic E-state index is 12.1. The van der Waals surface area contributed by atoms with E-state index in [1.165, 1.54) is 0 Å². The fourth-order valence-corrected chi connectivity index (χ4v) is 7.37. The first kappa shape index (κ1) is 17.7. The lowest BCUT2D eigenvalue weighted by molar-refractivity contribution is -0.262. The van der Waals surface area contributed by atoms with Gasteiger partial charge in [0.15, 0.2) is 5.78 Å². The number of hydrogen-bond acceptors (Lipinski definition) is 4. The molecule has 0 bridgehead atoms. The van der Waals surface area contributed by atoms with E-state index in [-0.39, 0.29) is 23.0 Å². The molecule has 25 heavy (non-hydrogen) atoms. The van der Waals surface area contributed by atoms with E-state index >= 15 is 0 Å². The Kier molecular flexibility index (Phi) is 3.82. The first-order chi connectivity index (χ1) is 11.6. The van der Waals surface area contributed by atoms with Crippen molar-refractivity contribution in [2.45, 2.75) is 83.5 Å². The normalized spacial score (nSPS) is 55.0. The Bertz CT molecular complexity index is 627. The second-order valence-electron chi connectivity index (χ2n) is 9.73. The minimum atomic E-state index is -1.19. The standard InChI is InChI=1S/C21H32O4/c1-12(22)15-4-5-16-14-10-18(24)21(25)11-13(23)6-9-20(21,3)17(14)7-8-19(15,16)2/h4,13-14,16-18,23-25H,5-11H2,1-3H3/t13?,14-,16-,17-,18?,19+,20+,21?/m0/s1. The summed E-state index contributed by atoms with van der Waals surface area (Å²) in [5, 5.41) is 32.4. The van der Waals surface area contributed by atoms with Crippen molar-refractivity contribution < 1.29 is 20.1 Å². The number of ketones is 1. The minimum absolute atomic E-state index is 0.0767. The van der Waals surface area contributed by atoms with Crippen molar-refractivity contribution in [3.63, 3.8) is 0 Å². The summed E-state index contributed by atoms with van der Waals surface area (Å²) in [6, 6.07) is 0. The number of carbonyl (C=O) groups excluding carboxylic acids is 1. The van der Waals surface area contributed by atoms with E-state index in [2.05, 4.69) is 19.9 Å². The first-order valence-electron chi connectivity index (χ1n) is 9.93. The number of aliphatic hydroxyl groups is 3. The van der Waals surface area contributed by atoms with Crippen molar-refractivity contribution in [2.75, 3.05) is 0 Å². The number of Topliss-reactive ketones (excluding diaryl/α,β-unsaturated/α-hetero) is 1. The molecule has 4 heteroatoms. The average Bonchev–Trinajstić information content (AvgIpc) is 2.88. The molecule has 0 radical (unpaired) electrons. The van der Waals surface area contributed by atoms with Gasteiger partial charge in [-0.1, -0.05) is 19.9 Å². The average molecular weight is 348 g/mol. The molecule has 0 aromatic rings. The van der Waals surface area contributed by atoms with E-state index in [1.807, 2.05) is 0 Å². The van der Waals surface area contributed by atoms with Gasteiger partial charge < -0.3 is 15.3 Å². The summed E-state index contributed by atoms with van der Waals surface area (Å²) in [5.41, 5.74) is -0.633. The summed E-state index contributed by atoms with van der Waals surface area (Å²) in [6.45, 7) is 6.04. The SMILES string of the molecule is CC(=O)C1=CC[C@H]2[C@@H]3CC(O)C4(O)CC(O)CC[C@]4(C)[C@H]3CC[C@]12C. The molecule has 3 unspecified atom stereocenters. The predicted octanol–water partition coefficient (Wildman–Crippen LogP) is 2.60. The molecule has 4 rings (SSSR count). The molecule has 0 aromatic carbocycles. The van der Waals surface area contributed by atoms with Crippen LogP contribution >= 0.6 is 0 Å². The molecular formula is C21H32O4. The third kappa shape index (κ3) is 2.14. The molecule has 0 heterocycles. The van der Waals surface area contributed by atoms with E-state index in [4.69, 9.17) is 0 Å². The Balaban J connectivity index is 1.70. The summed E-state index contributed by atoms with van der Waals surface area (Å²) in [7, 11) is 0. The van der Waals surface area contributed by atoms with Gasteiger partial charge in [-0.25, -0.2) is 0 Å². The van der Waals surface area contributed by atoms with Crippen LogP contribution in [0.25, 0.3) is 0 Å². The third-order valence-corrected chi connectivity index (χ3v) is 8.79. The summed E-state index contributed by atoms with van der Waals surface area (Å²) >= 11 is 0. The Hall–Kier alpha value is -0.710. The van der Waals surface area contributed by atoms with Gasteiger partial charge in [0.25, 0.3) is 0 Å². The highest BCUT2D eigenvalue weighted by Gasteiger charge is 2.66. The number of carbonyl (C=O) groups is 1. The maximum atomic E-state index is 12.1. The zero-order valence-electron chi connectivity index (χ0n) is 15.7. The number of aliphatic hydroxyl groups excluding tert-OH is 2. The van der Waals surface area contributed by atoms with Crippen LogP contribution in [0.4, 0.5) is 0 Å². The zero-order chi connectivity index (χ0) is 18.2. The second kappa shape index (κ2) is 5.40. The minimum Gasteiger partial charge on any atom is -0.393 e. The van der Waals surface area contributed by atoms with Crippen LogP contribution in [-0.2, 0) is 4.79 Å². The van der Waals surface area contributed by atoms with Gasteiger partial charge in [-0.15, -0.1) is 0 Å². The summed E-state index contributed by atoms with van der Waals surface area (Å²) < 4.78 is 0. The molecule has 0 aromatic heterocycles. The highest BCUT2D eigenvalue weighted by Crippen LogP contribution is 2.67. The van der Waals surface area contributed by atoms with Crippen LogP contribution < -0.4 is 0 Å². The van der Waals surface area contributed by atoms with Gasteiger partial charge in [0.2, 0.25) is 0 Å². The van der Waals surface area contributed by atoms with Gasteiger partial charge in [0, 0.05) is 11.8 Å². The summed E-state index contributed by atoms with van der Waals surface area (Å²) in [4.78, 5) is 12.1. The number of allylic oxidation sites excluding steroid dienone is 2. The maximum Gasteiger partial charge on any atom is 0.156 e. The lowest BCUT2D eigenvalue weighted by atomic mass is 9.42. The highest BCUT2D eigenvalue weighted by molar-refractivity contribution is 5.95.